The van der Waals surface area contributed by atoms with Crippen molar-refractivity contribution in [1.29, 1.82) is 0 Å². The van der Waals surface area contributed by atoms with Crippen LogP contribution in [0.2, 0.25) is 0 Å². The monoisotopic (exact) mass is 441 g/mol. The van der Waals surface area contributed by atoms with Gasteiger partial charge in [-0.25, -0.2) is 0 Å². The largest absolute Gasteiger partial charge is 0.491 e. The van der Waals surface area contributed by atoms with Gasteiger partial charge in [0.25, 0.3) is 0 Å². The molecule has 0 aliphatic carbocycles. The molecule has 2 unspecified atom stereocenters. The number of para-hydroxylation sites is 1. The Morgan fingerprint density at radius 1 is 0.688 bits per heavy atom. The van der Waals surface area contributed by atoms with Crippen LogP contribution in [0.15, 0.2) is 54.6 Å². The van der Waals surface area contributed by atoms with Crippen molar-refractivity contribution in [1.82, 2.24) is 0 Å². The summed E-state index contributed by atoms with van der Waals surface area (Å²) in [7, 11) is 0. The zero-order valence-corrected chi connectivity index (χ0v) is 18.8. The third-order valence-corrected chi connectivity index (χ3v) is 5.77. The summed E-state index contributed by atoms with van der Waals surface area (Å²) < 4.78 is 28.9. The van der Waals surface area contributed by atoms with Gasteiger partial charge in [0, 0.05) is 31.1 Å². The van der Waals surface area contributed by atoms with Gasteiger partial charge in [-0.2, -0.15) is 0 Å². The van der Waals surface area contributed by atoms with Gasteiger partial charge in [-0.15, -0.1) is 0 Å². The molecule has 2 aromatic carbocycles. The summed E-state index contributed by atoms with van der Waals surface area (Å²) in [6.45, 7) is 3.99. The second kappa shape index (κ2) is 12.8. The molecule has 0 amide bonds. The zero-order chi connectivity index (χ0) is 21.8. The van der Waals surface area contributed by atoms with E-state index < -0.39 is 0 Å². The van der Waals surface area contributed by atoms with Crippen molar-refractivity contribution in [3.05, 3.63) is 54.6 Å². The van der Waals surface area contributed by atoms with Crippen molar-refractivity contribution in [2.24, 2.45) is 0 Å². The van der Waals surface area contributed by atoms with Gasteiger partial charge in [0.2, 0.25) is 0 Å². The van der Waals surface area contributed by atoms with Gasteiger partial charge in [0.05, 0.1) is 13.2 Å². The van der Waals surface area contributed by atoms with Gasteiger partial charge in [-0.05, 0) is 74.9 Å². The maximum atomic E-state index is 5.98. The fraction of sp³-hybridized carbons (Fsp3) is 0.538. The molecule has 2 heterocycles. The average Bonchev–Trinajstić information content (AvgIpc) is 2.87. The first-order valence-corrected chi connectivity index (χ1v) is 11.9. The average molecular weight is 442 g/mol. The SMILES string of the molecule is c1ccc(N(CCOC2CCCCO2)c2ccc(OCCOC3CCCCO3)cc2)cc1. The van der Waals surface area contributed by atoms with E-state index in [4.69, 9.17) is 23.7 Å². The van der Waals surface area contributed by atoms with Crippen LogP contribution in [-0.4, -0.2) is 52.2 Å². The standard InChI is InChI=1S/C26H35NO5/c1-2-8-22(9-3-1)27(16-19-31-25-10-4-6-17-29-25)23-12-14-24(15-13-23)28-20-21-32-26-11-5-7-18-30-26/h1-3,8-9,12-15,25-26H,4-7,10-11,16-21H2. The molecule has 2 atom stereocenters. The first-order chi connectivity index (χ1) is 15.9. The Kier molecular flexibility index (Phi) is 9.22. The van der Waals surface area contributed by atoms with E-state index in [1.54, 1.807) is 0 Å². The van der Waals surface area contributed by atoms with E-state index in [0.717, 1.165) is 62.6 Å². The Bertz CT molecular complexity index is 758. The van der Waals surface area contributed by atoms with Crippen LogP contribution in [0.4, 0.5) is 11.4 Å². The highest BCUT2D eigenvalue weighted by Gasteiger charge is 2.16. The van der Waals surface area contributed by atoms with Crippen LogP contribution in [-0.2, 0) is 18.9 Å². The molecule has 174 valence electrons. The van der Waals surface area contributed by atoms with Crippen LogP contribution in [0.3, 0.4) is 0 Å². The second-order valence-electron chi connectivity index (χ2n) is 8.16. The lowest BCUT2D eigenvalue weighted by Gasteiger charge is -2.27. The van der Waals surface area contributed by atoms with E-state index >= 15 is 0 Å². The summed E-state index contributed by atoms with van der Waals surface area (Å²) in [6.07, 6.45) is 6.41. The van der Waals surface area contributed by atoms with Crippen molar-refractivity contribution in [3.63, 3.8) is 0 Å². The highest BCUT2D eigenvalue weighted by molar-refractivity contribution is 5.63. The molecular weight excluding hydrogens is 406 g/mol. The lowest BCUT2D eigenvalue weighted by molar-refractivity contribution is -0.165. The first kappa shape index (κ1) is 23.1. The Morgan fingerprint density at radius 2 is 1.31 bits per heavy atom. The molecule has 0 saturated carbocycles. The number of anilines is 2. The molecule has 0 aromatic heterocycles. The predicted octanol–water partition coefficient (Wildman–Crippen LogP) is 5.29. The fourth-order valence-electron chi connectivity index (χ4n) is 4.04. The van der Waals surface area contributed by atoms with Crippen LogP contribution in [0.1, 0.15) is 38.5 Å². The van der Waals surface area contributed by atoms with E-state index in [-0.39, 0.29) is 12.6 Å². The molecule has 0 spiro atoms. The molecule has 6 heteroatoms. The Labute approximate surface area is 191 Å². The van der Waals surface area contributed by atoms with E-state index in [0.29, 0.717) is 19.8 Å². The van der Waals surface area contributed by atoms with E-state index in [9.17, 15) is 0 Å². The quantitative estimate of drug-likeness (QED) is 0.442. The normalized spacial score (nSPS) is 21.2. The van der Waals surface area contributed by atoms with Gasteiger partial charge in [0.15, 0.2) is 12.6 Å². The Hall–Kier alpha value is -2.12. The molecular formula is C26H35NO5. The number of rotatable bonds is 11. The van der Waals surface area contributed by atoms with E-state index in [1.165, 1.54) is 12.8 Å². The van der Waals surface area contributed by atoms with Crippen LogP contribution >= 0.6 is 0 Å². The predicted molar refractivity (Wildman–Crippen MR) is 124 cm³/mol. The van der Waals surface area contributed by atoms with Gasteiger partial charge in [-0.3, -0.25) is 0 Å². The number of nitrogens with zero attached hydrogens (tertiary/aromatic N) is 1. The summed E-state index contributed by atoms with van der Waals surface area (Å²) in [4.78, 5) is 2.26. The van der Waals surface area contributed by atoms with Crippen molar-refractivity contribution in [3.8, 4) is 5.75 Å². The van der Waals surface area contributed by atoms with E-state index in [1.807, 2.05) is 18.2 Å². The van der Waals surface area contributed by atoms with Crippen molar-refractivity contribution < 1.29 is 23.7 Å². The highest BCUT2D eigenvalue weighted by Crippen LogP contribution is 2.27. The molecule has 2 aliphatic rings. The number of ether oxygens (including phenoxy) is 5. The van der Waals surface area contributed by atoms with Crippen molar-refractivity contribution >= 4 is 11.4 Å². The molecule has 0 bridgehead atoms. The van der Waals surface area contributed by atoms with Gasteiger partial charge in [0.1, 0.15) is 12.4 Å². The van der Waals surface area contributed by atoms with Gasteiger partial charge in [-0.1, -0.05) is 18.2 Å². The minimum absolute atomic E-state index is 0.0709. The minimum atomic E-state index is -0.0737. The van der Waals surface area contributed by atoms with Crippen molar-refractivity contribution in [2.45, 2.75) is 51.1 Å². The summed E-state index contributed by atoms with van der Waals surface area (Å²) in [5.74, 6) is 0.835. The third kappa shape index (κ3) is 7.20. The molecule has 0 radical (unpaired) electrons. The number of hydrogen-bond acceptors (Lipinski definition) is 6. The molecule has 2 aromatic rings. The third-order valence-electron chi connectivity index (χ3n) is 5.77. The maximum Gasteiger partial charge on any atom is 0.157 e. The highest BCUT2D eigenvalue weighted by atomic mass is 16.7. The molecule has 2 fully saturated rings. The number of hydrogen-bond donors (Lipinski definition) is 0. The van der Waals surface area contributed by atoms with Crippen LogP contribution in [0.5, 0.6) is 5.75 Å². The molecule has 0 N–H and O–H groups in total. The lowest BCUT2D eigenvalue weighted by Crippen LogP contribution is -2.28. The molecule has 2 aliphatic heterocycles. The zero-order valence-electron chi connectivity index (χ0n) is 18.8. The first-order valence-electron chi connectivity index (χ1n) is 11.9. The summed E-state index contributed by atoms with van der Waals surface area (Å²) in [6, 6.07) is 18.6. The van der Waals surface area contributed by atoms with Crippen LogP contribution in [0.25, 0.3) is 0 Å². The molecule has 4 rings (SSSR count). The summed E-state index contributed by atoms with van der Waals surface area (Å²) >= 11 is 0. The maximum absolute atomic E-state index is 5.98. The Balaban J connectivity index is 1.28. The number of benzene rings is 2. The van der Waals surface area contributed by atoms with E-state index in [2.05, 4.69) is 41.3 Å². The fourth-order valence-corrected chi connectivity index (χ4v) is 4.04. The van der Waals surface area contributed by atoms with Gasteiger partial charge < -0.3 is 28.6 Å². The molecule has 6 nitrogen and oxygen atoms in total. The Morgan fingerprint density at radius 3 is 1.94 bits per heavy atom. The summed E-state index contributed by atoms with van der Waals surface area (Å²) in [5.41, 5.74) is 2.23. The molecule has 32 heavy (non-hydrogen) atoms. The summed E-state index contributed by atoms with van der Waals surface area (Å²) in [5, 5.41) is 0. The smallest absolute Gasteiger partial charge is 0.157 e. The minimum Gasteiger partial charge on any atom is -0.491 e. The topological polar surface area (TPSA) is 49.4 Å². The van der Waals surface area contributed by atoms with Crippen molar-refractivity contribution in [2.75, 3.05) is 44.5 Å². The second-order valence-corrected chi connectivity index (χ2v) is 8.16. The lowest BCUT2D eigenvalue weighted by atomic mass is 10.2. The van der Waals surface area contributed by atoms with Crippen LogP contribution < -0.4 is 9.64 Å². The van der Waals surface area contributed by atoms with Gasteiger partial charge >= 0.3 is 0 Å². The molecule has 2 saturated heterocycles. The van der Waals surface area contributed by atoms with Crippen LogP contribution in [0, 0.1) is 0 Å².